The van der Waals surface area contributed by atoms with Crippen LogP contribution in [0.1, 0.15) is 38.2 Å². The summed E-state index contributed by atoms with van der Waals surface area (Å²) >= 11 is 5.97. The Bertz CT molecular complexity index is 561. The molecule has 1 rings (SSSR count). The highest BCUT2D eigenvalue weighted by Gasteiger charge is 2.10. The monoisotopic (exact) mass is 325 g/mol. The van der Waals surface area contributed by atoms with E-state index in [4.69, 9.17) is 11.6 Å². The minimum Gasteiger partial charge on any atom is -0.326 e. The summed E-state index contributed by atoms with van der Waals surface area (Å²) in [5.74, 6) is -0.960. The third-order valence-electron chi connectivity index (χ3n) is 2.94. The molecule has 0 unspecified atom stereocenters. The maximum atomic E-state index is 11.8. The molecular weight excluding hydrogens is 306 g/mol. The van der Waals surface area contributed by atoms with Gasteiger partial charge in [0.15, 0.2) is 0 Å². The molecule has 0 aliphatic carbocycles. The first-order valence-electron chi connectivity index (χ1n) is 7.06. The first-order chi connectivity index (χ1) is 10.4. The summed E-state index contributed by atoms with van der Waals surface area (Å²) in [7, 11) is 0. The van der Waals surface area contributed by atoms with Gasteiger partial charge in [0.1, 0.15) is 0 Å². The lowest BCUT2D eigenvalue weighted by Gasteiger charge is -2.10. The molecular formula is C15H20ClN3O3. The van der Waals surface area contributed by atoms with Crippen LogP contribution in [0.2, 0.25) is 5.02 Å². The van der Waals surface area contributed by atoms with Crippen LogP contribution in [0.15, 0.2) is 18.2 Å². The number of nitrogens with one attached hydrogen (secondary N) is 3. The molecule has 3 N–H and O–H groups in total. The lowest BCUT2D eigenvalue weighted by Crippen LogP contribution is -2.41. The Morgan fingerprint density at radius 2 is 1.59 bits per heavy atom. The molecule has 0 bridgehead atoms. The van der Waals surface area contributed by atoms with Crippen LogP contribution in [-0.4, -0.2) is 17.7 Å². The number of carbonyl (C=O) groups excluding carboxylic acids is 3. The average molecular weight is 326 g/mol. The fraction of sp³-hybridized carbons (Fsp3) is 0.400. The summed E-state index contributed by atoms with van der Waals surface area (Å²) in [5.41, 5.74) is 5.94. The Balaban J connectivity index is 2.35. The standard InChI is InChI=1S/C15H20ClN3O3/c1-3-5-14(21)18-19-15(22)9-8-13(20)17-12-7-4-6-11(16)10(12)2/h4,6-7H,3,5,8-9H2,1-2H3,(H,17,20)(H,18,21)(H,19,22). The van der Waals surface area contributed by atoms with Crippen LogP contribution in [0, 0.1) is 6.92 Å². The highest BCUT2D eigenvalue weighted by molar-refractivity contribution is 6.31. The minimum atomic E-state index is -0.414. The fourth-order valence-corrected chi connectivity index (χ4v) is 1.85. The summed E-state index contributed by atoms with van der Waals surface area (Å²) in [6.45, 7) is 3.66. The van der Waals surface area contributed by atoms with E-state index in [0.29, 0.717) is 23.6 Å². The molecule has 0 aliphatic heterocycles. The molecule has 1 aromatic carbocycles. The third-order valence-corrected chi connectivity index (χ3v) is 3.35. The normalized spacial score (nSPS) is 9.95. The minimum absolute atomic E-state index is 0.0153. The molecule has 6 nitrogen and oxygen atoms in total. The van der Waals surface area contributed by atoms with Gasteiger partial charge in [-0.05, 0) is 31.0 Å². The van der Waals surface area contributed by atoms with Gasteiger partial charge in [0.05, 0.1) is 0 Å². The molecule has 22 heavy (non-hydrogen) atoms. The molecule has 0 fully saturated rings. The predicted molar refractivity (Wildman–Crippen MR) is 85.2 cm³/mol. The van der Waals surface area contributed by atoms with Gasteiger partial charge in [-0.1, -0.05) is 24.6 Å². The van der Waals surface area contributed by atoms with E-state index in [1.165, 1.54) is 0 Å². The van der Waals surface area contributed by atoms with Crippen LogP contribution < -0.4 is 16.2 Å². The molecule has 120 valence electrons. The lowest BCUT2D eigenvalue weighted by atomic mass is 10.2. The SMILES string of the molecule is CCCC(=O)NNC(=O)CCC(=O)Nc1cccc(Cl)c1C. The second-order valence-corrected chi connectivity index (χ2v) is 5.21. The summed E-state index contributed by atoms with van der Waals surface area (Å²) in [6, 6.07) is 5.21. The number of anilines is 1. The Hall–Kier alpha value is -2.08. The summed E-state index contributed by atoms with van der Waals surface area (Å²) in [6.07, 6.45) is 1.04. The number of hydrogen-bond acceptors (Lipinski definition) is 3. The van der Waals surface area contributed by atoms with Gasteiger partial charge in [-0.25, -0.2) is 0 Å². The molecule has 0 radical (unpaired) electrons. The lowest BCUT2D eigenvalue weighted by molar-refractivity contribution is -0.129. The van der Waals surface area contributed by atoms with Crippen LogP contribution in [0.3, 0.4) is 0 Å². The Morgan fingerprint density at radius 1 is 1.00 bits per heavy atom. The molecule has 0 spiro atoms. The van der Waals surface area contributed by atoms with E-state index in [9.17, 15) is 14.4 Å². The maximum absolute atomic E-state index is 11.8. The Labute approximate surface area is 134 Å². The molecule has 0 saturated heterocycles. The number of amides is 3. The number of benzene rings is 1. The molecule has 0 atom stereocenters. The van der Waals surface area contributed by atoms with Crippen molar-refractivity contribution in [2.24, 2.45) is 0 Å². The predicted octanol–water partition coefficient (Wildman–Crippen LogP) is 2.31. The van der Waals surface area contributed by atoms with Crippen LogP contribution in [0.25, 0.3) is 0 Å². The van der Waals surface area contributed by atoms with E-state index >= 15 is 0 Å². The number of carbonyl (C=O) groups is 3. The topological polar surface area (TPSA) is 87.3 Å². The smallest absolute Gasteiger partial charge is 0.238 e. The van der Waals surface area contributed by atoms with Crippen molar-refractivity contribution in [2.45, 2.75) is 39.5 Å². The van der Waals surface area contributed by atoms with Gasteiger partial charge in [0, 0.05) is 30.0 Å². The highest BCUT2D eigenvalue weighted by Crippen LogP contribution is 2.22. The summed E-state index contributed by atoms with van der Waals surface area (Å²) in [5, 5.41) is 3.26. The summed E-state index contributed by atoms with van der Waals surface area (Å²) < 4.78 is 0. The van der Waals surface area contributed by atoms with Crippen molar-refractivity contribution in [3.05, 3.63) is 28.8 Å². The first-order valence-corrected chi connectivity index (χ1v) is 7.44. The van der Waals surface area contributed by atoms with Crippen molar-refractivity contribution in [1.82, 2.24) is 10.9 Å². The molecule has 0 saturated carbocycles. The second kappa shape index (κ2) is 9.04. The van der Waals surface area contributed by atoms with Gasteiger partial charge in [-0.3, -0.25) is 25.2 Å². The zero-order valence-electron chi connectivity index (χ0n) is 12.7. The van der Waals surface area contributed by atoms with Crippen molar-refractivity contribution >= 4 is 35.0 Å². The van der Waals surface area contributed by atoms with Crippen LogP contribution in [0.4, 0.5) is 5.69 Å². The zero-order chi connectivity index (χ0) is 16.5. The quantitative estimate of drug-likeness (QED) is 0.701. The van der Waals surface area contributed by atoms with Gasteiger partial charge in [-0.15, -0.1) is 0 Å². The molecule has 1 aromatic rings. The largest absolute Gasteiger partial charge is 0.326 e. The van der Waals surface area contributed by atoms with Gasteiger partial charge in [0.2, 0.25) is 17.7 Å². The third kappa shape index (κ3) is 6.13. The van der Waals surface area contributed by atoms with E-state index in [-0.39, 0.29) is 24.7 Å². The second-order valence-electron chi connectivity index (χ2n) is 4.81. The van der Waals surface area contributed by atoms with Crippen molar-refractivity contribution in [3.8, 4) is 0 Å². The molecule has 3 amide bonds. The van der Waals surface area contributed by atoms with Gasteiger partial charge < -0.3 is 5.32 Å². The van der Waals surface area contributed by atoms with E-state index in [2.05, 4.69) is 16.2 Å². The summed E-state index contributed by atoms with van der Waals surface area (Å²) in [4.78, 5) is 34.5. The zero-order valence-corrected chi connectivity index (χ0v) is 13.4. The van der Waals surface area contributed by atoms with Crippen molar-refractivity contribution < 1.29 is 14.4 Å². The number of halogens is 1. The number of hydrogen-bond donors (Lipinski definition) is 3. The molecule has 0 aliphatic rings. The van der Waals surface area contributed by atoms with Crippen LogP contribution in [-0.2, 0) is 14.4 Å². The van der Waals surface area contributed by atoms with Gasteiger partial charge in [-0.2, -0.15) is 0 Å². The van der Waals surface area contributed by atoms with E-state index < -0.39 is 5.91 Å². The molecule has 0 aromatic heterocycles. The van der Waals surface area contributed by atoms with Gasteiger partial charge in [0.25, 0.3) is 0 Å². The van der Waals surface area contributed by atoms with Gasteiger partial charge >= 0.3 is 0 Å². The van der Waals surface area contributed by atoms with Crippen LogP contribution in [0.5, 0.6) is 0 Å². The number of hydrazine groups is 1. The van der Waals surface area contributed by atoms with E-state index in [1.54, 1.807) is 25.1 Å². The maximum Gasteiger partial charge on any atom is 0.238 e. The Kier molecular flexibility index (Phi) is 7.39. The van der Waals surface area contributed by atoms with Crippen molar-refractivity contribution in [2.75, 3.05) is 5.32 Å². The van der Waals surface area contributed by atoms with Crippen molar-refractivity contribution in [1.29, 1.82) is 0 Å². The van der Waals surface area contributed by atoms with E-state index in [1.807, 2.05) is 6.92 Å². The molecule has 7 heteroatoms. The number of rotatable bonds is 6. The average Bonchev–Trinajstić information content (AvgIpc) is 2.48. The first kappa shape index (κ1) is 18.0. The van der Waals surface area contributed by atoms with Crippen LogP contribution >= 0.6 is 11.6 Å². The Morgan fingerprint density at radius 3 is 2.23 bits per heavy atom. The van der Waals surface area contributed by atoms with Crippen molar-refractivity contribution in [3.63, 3.8) is 0 Å². The highest BCUT2D eigenvalue weighted by atomic mass is 35.5. The van der Waals surface area contributed by atoms with E-state index in [0.717, 1.165) is 5.56 Å². The molecule has 0 heterocycles. The fourth-order valence-electron chi connectivity index (χ4n) is 1.67.